The number of halogens is 3. The van der Waals surface area contributed by atoms with Crippen LogP contribution in [0.5, 0.6) is 0 Å². The number of aromatic nitrogens is 2. The van der Waals surface area contributed by atoms with Crippen molar-refractivity contribution in [3.63, 3.8) is 0 Å². The molecule has 1 aliphatic rings. The Morgan fingerprint density at radius 3 is 2.35 bits per heavy atom. The maximum atomic E-state index is 12.8. The van der Waals surface area contributed by atoms with Crippen LogP contribution in [0, 0.1) is 0 Å². The second-order valence-corrected chi connectivity index (χ2v) is 4.85. The third-order valence-electron chi connectivity index (χ3n) is 2.97. The van der Waals surface area contributed by atoms with E-state index in [0.717, 1.165) is 6.07 Å². The van der Waals surface area contributed by atoms with E-state index in [1.165, 1.54) is 7.05 Å². The molecule has 5 nitrogen and oxygen atoms in total. The normalized spacial score (nSPS) is 23.8. The van der Waals surface area contributed by atoms with Crippen LogP contribution in [0.2, 0.25) is 0 Å². The highest BCUT2D eigenvalue weighted by Gasteiger charge is 2.35. The van der Waals surface area contributed by atoms with E-state index in [1.54, 1.807) is 4.90 Å². The summed E-state index contributed by atoms with van der Waals surface area (Å²) >= 11 is 0. The van der Waals surface area contributed by atoms with E-state index in [9.17, 15) is 13.2 Å². The summed E-state index contributed by atoms with van der Waals surface area (Å²) in [5.41, 5.74) is -0.946. The van der Waals surface area contributed by atoms with Crippen LogP contribution in [0.1, 0.15) is 19.5 Å². The molecule has 112 valence electrons. The Hall–Kier alpha value is -1.57. The van der Waals surface area contributed by atoms with Crippen molar-refractivity contribution in [1.82, 2.24) is 9.97 Å². The number of anilines is 2. The standard InChI is InChI=1S/C12H17F3N4O/c1-7-5-19(6-8(2)20-7)10-4-9(12(13,14)15)17-11(16-3)18-10/h4,7-8H,5-6H2,1-3H3,(H,16,17,18)/t7-,8+. The first kappa shape index (κ1) is 14.8. The summed E-state index contributed by atoms with van der Waals surface area (Å²) in [6, 6.07) is 0.978. The molecule has 1 saturated heterocycles. The Balaban J connectivity index is 2.35. The number of rotatable bonds is 2. The molecule has 0 aliphatic carbocycles. The van der Waals surface area contributed by atoms with Crippen LogP contribution >= 0.6 is 0 Å². The van der Waals surface area contributed by atoms with Gasteiger partial charge >= 0.3 is 6.18 Å². The molecule has 0 bridgehead atoms. The molecule has 8 heteroatoms. The summed E-state index contributed by atoms with van der Waals surface area (Å²) < 4.78 is 44.1. The molecule has 0 aromatic carbocycles. The number of ether oxygens (including phenoxy) is 1. The number of hydrogen-bond donors (Lipinski definition) is 1. The molecule has 0 saturated carbocycles. The molecule has 2 heterocycles. The van der Waals surface area contributed by atoms with Gasteiger partial charge < -0.3 is 15.0 Å². The van der Waals surface area contributed by atoms with Gasteiger partial charge in [-0.15, -0.1) is 0 Å². The van der Waals surface area contributed by atoms with Crippen LogP contribution in [0.4, 0.5) is 24.9 Å². The lowest BCUT2D eigenvalue weighted by Gasteiger charge is -2.36. The molecule has 1 fully saturated rings. The number of nitrogens with zero attached hydrogens (tertiary/aromatic N) is 3. The highest BCUT2D eigenvalue weighted by Crippen LogP contribution is 2.31. The maximum Gasteiger partial charge on any atom is 0.433 e. The molecule has 2 atom stereocenters. The van der Waals surface area contributed by atoms with Crippen LogP contribution in [0.15, 0.2) is 6.07 Å². The first-order valence-corrected chi connectivity index (χ1v) is 6.34. The highest BCUT2D eigenvalue weighted by molar-refractivity contribution is 5.46. The van der Waals surface area contributed by atoms with Crippen molar-refractivity contribution in [2.24, 2.45) is 0 Å². The average Bonchev–Trinajstić information content (AvgIpc) is 2.36. The van der Waals surface area contributed by atoms with E-state index < -0.39 is 11.9 Å². The highest BCUT2D eigenvalue weighted by atomic mass is 19.4. The van der Waals surface area contributed by atoms with Crippen molar-refractivity contribution in [2.45, 2.75) is 32.2 Å². The Kier molecular flexibility index (Phi) is 4.03. The van der Waals surface area contributed by atoms with Gasteiger partial charge in [-0.1, -0.05) is 0 Å². The lowest BCUT2D eigenvalue weighted by molar-refractivity contribution is -0.141. The number of nitrogens with one attached hydrogen (secondary N) is 1. The first-order valence-electron chi connectivity index (χ1n) is 6.34. The van der Waals surface area contributed by atoms with E-state index >= 15 is 0 Å². The zero-order valence-corrected chi connectivity index (χ0v) is 11.5. The lowest BCUT2D eigenvalue weighted by atomic mass is 10.2. The van der Waals surface area contributed by atoms with Crippen LogP contribution in [-0.2, 0) is 10.9 Å². The third kappa shape index (κ3) is 3.30. The molecule has 1 aliphatic heterocycles. The van der Waals surface area contributed by atoms with Gasteiger partial charge in [0.2, 0.25) is 5.95 Å². The summed E-state index contributed by atoms with van der Waals surface area (Å²) in [5.74, 6) is 0.222. The topological polar surface area (TPSA) is 50.3 Å². The van der Waals surface area contributed by atoms with Crippen molar-refractivity contribution in [3.05, 3.63) is 11.8 Å². The maximum absolute atomic E-state index is 12.8. The van der Waals surface area contributed by atoms with E-state index in [1.807, 2.05) is 13.8 Å². The molecular weight excluding hydrogens is 273 g/mol. The Bertz CT molecular complexity index is 470. The van der Waals surface area contributed by atoms with Crippen molar-refractivity contribution >= 4 is 11.8 Å². The second-order valence-electron chi connectivity index (χ2n) is 4.85. The molecule has 1 aromatic heterocycles. The molecular formula is C12H17F3N4O. The largest absolute Gasteiger partial charge is 0.433 e. The average molecular weight is 290 g/mol. The van der Waals surface area contributed by atoms with Crippen LogP contribution in [0.3, 0.4) is 0 Å². The van der Waals surface area contributed by atoms with Gasteiger partial charge in [-0.05, 0) is 13.8 Å². The Labute approximate surface area is 115 Å². The molecule has 0 amide bonds. The Morgan fingerprint density at radius 1 is 1.25 bits per heavy atom. The third-order valence-corrected chi connectivity index (χ3v) is 2.97. The molecule has 2 rings (SSSR count). The fourth-order valence-electron chi connectivity index (χ4n) is 2.22. The predicted molar refractivity (Wildman–Crippen MR) is 68.8 cm³/mol. The van der Waals surface area contributed by atoms with Gasteiger partial charge in [0.25, 0.3) is 0 Å². The molecule has 1 aromatic rings. The first-order chi connectivity index (χ1) is 9.29. The van der Waals surface area contributed by atoms with Gasteiger partial charge in [0, 0.05) is 26.2 Å². The van der Waals surface area contributed by atoms with Gasteiger partial charge in [-0.2, -0.15) is 18.2 Å². The second kappa shape index (κ2) is 5.43. The zero-order chi connectivity index (χ0) is 14.9. The zero-order valence-electron chi connectivity index (χ0n) is 11.5. The quantitative estimate of drug-likeness (QED) is 0.904. The molecule has 0 radical (unpaired) electrons. The van der Waals surface area contributed by atoms with E-state index in [4.69, 9.17) is 4.74 Å². The summed E-state index contributed by atoms with van der Waals surface area (Å²) in [4.78, 5) is 9.35. The minimum Gasteiger partial charge on any atom is -0.372 e. The van der Waals surface area contributed by atoms with E-state index in [2.05, 4.69) is 15.3 Å². The number of hydrogen-bond acceptors (Lipinski definition) is 5. The van der Waals surface area contributed by atoms with Crippen LogP contribution in [0.25, 0.3) is 0 Å². The van der Waals surface area contributed by atoms with Gasteiger partial charge in [-0.25, -0.2) is 4.98 Å². The monoisotopic (exact) mass is 290 g/mol. The van der Waals surface area contributed by atoms with Crippen molar-refractivity contribution in [3.8, 4) is 0 Å². The van der Waals surface area contributed by atoms with Crippen molar-refractivity contribution in [1.29, 1.82) is 0 Å². The summed E-state index contributed by atoms with van der Waals surface area (Å²) in [5, 5.41) is 2.56. The molecule has 0 unspecified atom stereocenters. The predicted octanol–water partition coefficient (Wildman–Crippen LogP) is 2.15. The van der Waals surface area contributed by atoms with Gasteiger partial charge in [0.15, 0.2) is 5.69 Å². The molecule has 0 spiro atoms. The minimum atomic E-state index is -4.49. The SMILES string of the molecule is CNc1nc(N2C[C@@H](C)O[C@@H](C)C2)cc(C(F)(F)F)n1. The Morgan fingerprint density at radius 2 is 1.85 bits per heavy atom. The molecule has 20 heavy (non-hydrogen) atoms. The fraction of sp³-hybridized carbons (Fsp3) is 0.667. The molecule has 1 N–H and O–H groups in total. The van der Waals surface area contributed by atoms with E-state index in [0.29, 0.717) is 13.1 Å². The van der Waals surface area contributed by atoms with Crippen molar-refractivity contribution in [2.75, 3.05) is 30.4 Å². The van der Waals surface area contributed by atoms with Crippen LogP contribution in [-0.4, -0.2) is 42.3 Å². The van der Waals surface area contributed by atoms with Crippen LogP contribution < -0.4 is 10.2 Å². The fourth-order valence-corrected chi connectivity index (χ4v) is 2.22. The summed E-state index contributed by atoms with van der Waals surface area (Å²) in [7, 11) is 1.49. The smallest absolute Gasteiger partial charge is 0.372 e. The van der Waals surface area contributed by atoms with E-state index in [-0.39, 0.29) is 24.0 Å². The van der Waals surface area contributed by atoms with Gasteiger partial charge in [0.05, 0.1) is 12.2 Å². The van der Waals surface area contributed by atoms with Crippen molar-refractivity contribution < 1.29 is 17.9 Å². The minimum absolute atomic E-state index is 0.0402. The summed E-state index contributed by atoms with van der Waals surface area (Å²) in [6.07, 6.45) is -4.60. The van der Waals surface area contributed by atoms with Gasteiger partial charge in [0.1, 0.15) is 5.82 Å². The summed E-state index contributed by atoms with van der Waals surface area (Å²) in [6.45, 7) is 4.77. The number of alkyl halides is 3. The number of morpholine rings is 1. The van der Waals surface area contributed by atoms with Gasteiger partial charge in [-0.3, -0.25) is 0 Å². The lowest BCUT2D eigenvalue weighted by Crippen LogP contribution is -2.46.